The van der Waals surface area contributed by atoms with E-state index in [1.54, 1.807) is 12.4 Å². The van der Waals surface area contributed by atoms with Gasteiger partial charge in [-0.05, 0) is 55.2 Å². The van der Waals surface area contributed by atoms with Crippen LogP contribution in [0.1, 0.15) is 70.4 Å². The molecule has 2 aromatic heterocycles. The van der Waals surface area contributed by atoms with Crippen molar-refractivity contribution < 1.29 is 4.79 Å². The van der Waals surface area contributed by atoms with Crippen molar-refractivity contribution in [2.45, 2.75) is 70.8 Å². The number of amides is 1. The average Bonchev–Trinajstić information content (AvgIpc) is 3.27. The molecule has 6 heteroatoms. The third-order valence-corrected chi connectivity index (χ3v) is 6.44. The van der Waals surface area contributed by atoms with Gasteiger partial charge >= 0.3 is 0 Å². The first-order chi connectivity index (χ1) is 14.6. The number of piperidine rings is 1. The van der Waals surface area contributed by atoms with E-state index in [4.69, 9.17) is 4.98 Å². The number of carbonyl (C=O) groups excluding carboxylic acids is 1. The number of hydrogen-bond donors (Lipinski definition) is 1. The van der Waals surface area contributed by atoms with Gasteiger partial charge in [0.25, 0.3) is 0 Å². The Morgan fingerprint density at radius 1 is 1.13 bits per heavy atom. The van der Waals surface area contributed by atoms with Gasteiger partial charge in [-0.2, -0.15) is 0 Å². The summed E-state index contributed by atoms with van der Waals surface area (Å²) < 4.78 is 0. The van der Waals surface area contributed by atoms with E-state index in [-0.39, 0.29) is 11.9 Å². The van der Waals surface area contributed by atoms with Gasteiger partial charge in [0.2, 0.25) is 11.9 Å². The number of nitrogens with one attached hydrogen (secondary N) is 1. The maximum atomic E-state index is 12.4. The van der Waals surface area contributed by atoms with Crippen molar-refractivity contribution in [2.75, 3.05) is 18.0 Å². The zero-order valence-corrected chi connectivity index (χ0v) is 18.2. The van der Waals surface area contributed by atoms with E-state index >= 15 is 0 Å². The standard InChI is InChI=1S/C24H33N5O/c1-17(2)23-21(19-7-11-25-12-8-19)16-26-24(28-23)29-13-9-20(10-14-29)27-22(30)15-18-5-3-4-6-18/h7-8,11-12,16-18,20H,3-6,9-10,13-15H2,1-2H3,(H,27,30). The fourth-order valence-electron chi connectivity index (χ4n) is 4.72. The Kier molecular flexibility index (Phi) is 6.60. The molecule has 1 saturated carbocycles. The molecule has 3 heterocycles. The molecule has 0 atom stereocenters. The smallest absolute Gasteiger partial charge is 0.225 e. The highest BCUT2D eigenvalue weighted by molar-refractivity contribution is 5.76. The van der Waals surface area contributed by atoms with E-state index in [1.165, 1.54) is 25.7 Å². The largest absolute Gasteiger partial charge is 0.353 e. The number of anilines is 1. The highest BCUT2D eigenvalue weighted by Crippen LogP contribution is 2.29. The molecular weight excluding hydrogens is 374 g/mol. The molecule has 2 fully saturated rings. The lowest BCUT2D eigenvalue weighted by Gasteiger charge is -2.33. The van der Waals surface area contributed by atoms with Crippen molar-refractivity contribution in [2.24, 2.45) is 5.92 Å². The summed E-state index contributed by atoms with van der Waals surface area (Å²) in [5.74, 6) is 1.95. The van der Waals surface area contributed by atoms with Crippen LogP contribution >= 0.6 is 0 Å². The van der Waals surface area contributed by atoms with Crippen LogP contribution in [0.5, 0.6) is 0 Å². The lowest BCUT2D eigenvalue weighted by molar-refractivity contribution is -0.122. The normalized spacial score (nSPS) is 18.2. The Balaban J connectivity index is 1.37. The van der Waals surface area contributed by atoms with Crippen LogP contribution in [0.3, 0.4) is 0 Å². The molecule has 1 N–H and O–H groups in total. The van der Waals surface area contributed by atoms with E-state index in [0.717, 1.165) is 48.7 Å². The molecule has 30 heavy (non-hydrogen) atoms. The van der Waals surface area contributed by atoms with E-state index in [2.05, 4.69) is 34.0 Å². The van der Waals surface area contributed by atoms with Crippen LogP contribution in [-0.4, -0.2) is 40.0 Å². The fourth-order valence-corrected chi connectivity index (χ4v) is 4.72. The molecule has 0 radical (unpaired) electrons. The fraction of sp³-hybridized carbons (Fsp3) is 0.583. The zero-order chi connectivity index (χ0) is 20.9. The van der Waals surface area contributed by atoms with Gasteiger partial charge in [0.05, 0.1) is 5.69 Å². The molecule has 1 amide bonds. The molecule has 2 aromatic rings. The number of carbonyl (C=O) groups is 1. The maximum Gasteiger partial charge on any atom is 0.225 e. The summed E-state index contributed by atoms with van der Waals surface area (Å²) in [5, 5.41) is 3.27. The Labute approximate surface area is 179 Å². The van der Waals surface area contributed by atoms with E-state index in [1.807, 2.05) is 18.3 Å². The highest BCUT2D eigenvalue weighted by Gasteiger charge is 2.25. The SMILES string of the molecule is CC(C)c1nc(N2CCC(NC(=O)CC3CCCC3)CC2)ncc1-c1ccncc1. The third kappa shape index (κ3) is 4.97. The maximum absolute atomic E-state index is 12.4. The van der Waals surface area contributed by atoms with Crippen LogP contribution in [0, 0.1) is 5.92 Å². The van der Waals surface area contributed by atoms with Gasteiger partial charge in [-0.3, -0.25) is 9.78 Å². The summed E-state index contributed by atoms with van der Waals surface area (Å²) >= 11 is 0. The molecule has 1 saturated heterocycles. The monoisotopic (exact) mass is 407 g/mol. The Bertz CT molecular complexity index is 840. The van der Waals surface area contributed by atoms with Crippen molar-refractivity contribution in [3.05, 3.63) is 36.4 Å². The molecule has 160 valence electrons. The highest BCUT2D eigenvalue weighted by atomic mass is 16.1. The summed E-state index contributed by atoms with van der Waals surface area (Å²) in [6.45, 7) is 6.09. The van der Waals surface area contributed by atoms with Crippen LogP contribution in [0.2, 0.25) is 0 Å². The molecule has 6 nitrogen and oxygen atoms in total. The molecular formula is C24H33N5O. The predicted octanol–water partition coefficient (Wildman–Crippen LogP) is 4.33. The van der Waals surface area contributed by atoms with Gasteiger partial charge < -0.3 is 10.2 Å². The summed E-state index contributed by atoms with van der Waals surface area (Å²) in [6.07, 6.45) is 13.2. The molecule has 0 unspecified atom stereocenters. The third-order valence-electron chi connectivity index (χ3n) is 6.44. The van der Waals surface area contributed by atoms with Gasteiger partial charge in [-0.15, -0.1) is 0 Å². The minimum absolute atomic E-state index is 0.236. The summed E-state index contributed by atoms with van der Waals surface area (Å²) in [5.41, 5.74) is 3.24. The molecule has 0 spiro atoms. The molecule has 2 aliphatic rings. The second kappa shape index (κ2) is 9.54. The van der Waals surface area contributed by atoms with Crippen LogP contribution in [-0.2, 0) is 4.79 Å². The number of aromatic nitrogens is 3. The van der Waals surface area contributed by atoms with Crippen molar-refractivity contribution in [1.82, 2.24) is 20.3 Å². The first kappa shape index (κ1) is 20.8. The second-order valence-electron chi connectivity index (χ2n) is 9.04. The number of hydrogen-bond acceptors (Lipinski definition) is 5. The molecule has 0 bridgehead atoms. The molecule has 0 aromatic carbocycles. The molecule has 1 aliphatic carbocycles. The Hall–Kier alpha value is -2.50. The van der Waals surface area contributed by atoms with E-state index in [9.17, 15) is 4.79 Å². The Morgan fingerprint density at radius 3 is 2.50 bits per heavy atom. The predicted molar refractivity (Wildman–Crippen MR) is 119 cm³/mol. The second-order valence-corrected chi connectivity index (χ2v) is 9.04. The minimum atomic E-state index is 0.236. The van der Waals surface area contributed by atoms with Crippen LogP contribution in [0.25, 0.3) is 11.1 Å². The zero-order valence-electron chi connectivity index (χ0n) is 18.2. The Morgan fingerprint density at radius 2 is 1.83 bits per heavy atom. The van der Waals surface area contributed by atoms with Gasteiger partial charge in [0.1, 0.15) is 0 Å². The van der Waals surface area contributed by atoms with Gasteiger partial charge in [0, 0.05) is 49.7 Å². The van der Waals surface area contributed by atoms with Crippen molar-refractivity contribution in [3.8, 4) is 11.1 Å². The van der Waals surface area contributed by atoms with E-state index < -0.39 is 0 Å². The topological polar surface area (TPSA) is 71.0 Å². The summed E-state index contributed by atoms with van der Waals surface area (Å²) in [7, 11) is 0. The quantitative estimate of drug-likeness (QED) is 0.772. The van der Waals surface area contributed by atoms with Crippen molar-refractivity contribution >= 4 is 11.9 Å². The van der Waals surface area contributed by atoms with Crippen LogP contribution in [0.4, 0.5) is 5.95 Å². The first-order valence-electron chi connectivity index (χ1n) is 11.4. The van der Waals surface area contributed by atoms with Crippen molar-refractivity contribution in [3.63, 3.8) is 0 Å². The van der Waals surface area contributed by atoms with Crippen LogP contribution in [0.15, 0.2) is 30.7 Å². The number of nitrogens with zero attached hydrogens (tertiary/aromatic N) is 4. The number of pyridine rings is 1. The van der Waals surface area contributed by atoms with Gasteiger partial charge in [-0.1, -0.05) is 26.7 Å². The van der Waals surface area contributed by atoms with Crippen molar-refractivity contribution in [1.29, 1.82) is 0 Å². The summed E-state index contributed by atoms with van der Waals surface area (Å²) in [6, 6.07) is 4.28. The van der Waals surface area contributed by atoms with Crippen LogP contribution < -0.4 is 10.2 Å². The van der Waals surface area contributed by atoms with Gasteiger partial charge in [-0.25, -0.2) is 9.97 Å². The minimum Gasteiger partial charge on any atom is -0.353 e. The van der Waals surface area contributed by atoms with E-state index in [0.29, 0.717) is 18.3 Å². The average molecular weight is 408 g/mol. The number of rotatable bonds is 6. The lowest BCUT2D eigenvalue weighted by atomic mass is 10.00. The summed E-state index contributed by atoms with van der Waals surface area (Å²) in [4.78, 5) is 28.3. The lowest BCUT2D eigenvalue weighted by Crippen LogP contribution is -2.45. The molecule has 1 aliphatic heterocycles. The molecule has 4 rings (SSSR count). The first-order valence-corrected chi connectivity index (χ1v) is 11.4. The van der Waals surface area contributed by atoms with Gasteiger partial charge in [0.15, 0.2) is 0 Å².